The molecule has 8 rings (SSSR count). The summed E-state index contributed by atoms with van der Waals surface area (Å²) in [5.74, 6) is 0.818. The van der Waals surface area contributed by atoms with Crippen LogP contribution in [0, 0.1) is 5.82 Å². The number of halogens is 3. The minimum absolute atomic E-state index is 0.280. The zero-order valence-corrected chi connectivity index (χ0v) is 25.7. The maximum atomic E-state index is 14.3. The number of hydrogen-bond donors (Lipinski definition) is 1. The third-order valence-corrected chi connectivity index (χ3v) is 8.74. The number of nitrogens with zero attached hydrogens (tertiary/aromatic N) is 7. The molecule has 6 aromatic rings. The number of rotatable bonds is 4. The van der Waals surface area contributed by atoms with Gasteiger partial charge in [0.25, 0.3) is 0 Å². The van der Waals surface area contributed by atoms with Gasteiger partial charge in [-0.15, -0.1) is 5.10 Å². The highest BCUT2D eigenvalue weighted by Crippen LogP contribution is 2.34. The molecular weight excluding hydrogens is 616 g/mol. The van der Waals surface area contributed by atoms with Crippen molar-refractivity contribution in [3.8, 4) is 11.4 Å². The normalized spacial score (nSPS) is 17.2. The van der Waals surface area contributed by atoms with Crippen LogP contribution in [0.3, 0.4) is 0 Å². The molecule has 1 N–H and O–H groups in total. The maximum absolute atomic E-state index is 14.3. The molecule has 2 fully saturated rings. The van der Waals surface area contributed by atoms with E-state index in [1.165, 1.54) is 6.07 Å². The first kappa shape index (κ1) is 29.6. The molecule has 2 aliphatic rings. The molecule has 0 saturated carbocycles. The number of fused-ring (bicyclic) bond motifs is 2. The molecule has 0 aliphatic carbocycles. The number of ether oxygens (including phenoxy) is 1. The average Bonchev–Trinajstić information content (AvgIpc) is 3.78. The number of anilines is 1. The molecule has 12 heteroatoms. The van der Waals surface area contributed by atoms with Crippen LogP contribution in [0.25, 0.3) is 33.2 Å². The Morgan fingerprint density at radius 1 is 0.800 bits per heavy atom. The van der Waals surface area contributed by atoms with E-state index < -0.39 is 5.82 Å². The average molecular weight is 647 g/mol. The van der Waals surface area contributed by atoms with Crippen molar-refractivity contribution in [2.24, 2.45) is 0 Å². The summed E-state index contributed by atoms with van der Waals surface area (Å²) < 4.78 is 23.3. The fraction of sp³-hybridized carbons (Fsp3) is 0.273. The Hall–Kier alpha value is -4.09. The van der Waals surface area contributed by atoms with Gasteiger partial charge in [-0.25, -0.2) is 13.8 Å². The zero-order chi connectivity index (χ0) is 30.9. The van der Waals surface area contributed by atoms with E-state index >= 15 is 0 Å². The first-order chi connectivity index (χ1) is 22.0. The van der Waals surface area contributed by atoms with Gasteiger partial charge in [0, 0.05) is 65.4 Å². The van der Waals surface area contributed by atoms with Crippen LogP contribution >= 0.6 is 23.2 Å². The molecule has 6 heterocycles. The molecule has 0 radical (unpaired) electrons. The van der Waals surface area contributed by atoms with Gasteiger partial charge in [-0.1, -0.05) is 23.2 Å². The van der Waals surface area contributed by atoms with E-state index in [0.717, 1.165) is 78.0 Å². The van der Waals surface area contributed by atoms with Crippen LogP contribution in [0.15, 0.2) is 79.4 Å². The lowest BCUT2D eigenvalue weighted by Gasteiger charge is -2.20. The van der Waals surface area contributed by atoms with Crippen LogP contribution in [0.1, 0.15) is 30.9 Å². The quantitative estimate of drug-likeness (QED) is 0.227. The lowest BCUT2D eigenvalue weighted by molar-refractivity contribution is 0.0847. The fourth-order valence-electron chi connectivity index (χ4n) is 5.99. The third kappa shape index (κ3) is 5.98. The molecular formula is C33H30Cl2FN7O2. The molecule has 2 saturated heterocycles. The number of pyridine rings is 2. The van der Waals surface area contributed by atoms with Crippen molar-refractivity contribution in [2.75, 3.05) is 31.2 Å². The first-order valence-electron chi connectivity index (χ1n) is 14.8. The Balaban J connectivity index is 0.000000145. The summed E-state index contributed by atoms with van der Waals surface area (Å²) >= 11 is 11.8. The summed E-state index contributed by atoms with van der Waals surface area (Å²) in [6, 6.07) is 16.1. The molecule has 0 amide bonds. The number of aliphatic hydroxyl groups excluding tert-OH is 1. The van der Waals surface area contributed by atoms with E-state index in [1.54, 1.807) is 35.4 Å². The van der Waals surface area contributed by atoms with Crippen molar-refractivity contribution < 1.29 is 14.2 Å². The first-order valence-corrected chi connectivity index (χ1v) is 15.6. The lowest BCUT2D eigenvalue weighted by Crippen LogP contribution is -2.21. The predicted octanol–water partition coefficient (Wildman–Crippen LogP) is 6.75. The largest absolute Gasteiger partial charge is 0.391 e. The van der Waals surface area contributed by atoms with Crippen molar-refractivity contribution in [1.29, 1.82) is 0 Å². The highest BCUT2D eigenvalue weighted by atomic mass is 35.5. The third-order valence-electron chi connectivity index (χ3n) is 8.26. The minimum atomic E-state index is -0.399. The molecule has 1 unspecified atom stereocenters. The standard InChI is InChI=1S/C17H15ClFN3O.C16H15ClN4O/c18-12-1-2-15(14(19)9-12)22-16-10-20-6-3-13(16)17(21-22)11-4-7-23-8-5-11;17-11-1-3-12(4-2-11)21-15-9-18-7-5-14(15)16(19-21)20-8-6-13(22)10-20/h1-3,6,9-11H,4-5,7-8H2;1-5,7,9,13,22H,6,8,10H2. The number of β-amino-alcohol motifs (C(OH)–C–C–N with tert-alkyl or cyclic N) is 1. The van der Waals surface area contributed by atoms with E-state index in [4.69, 9.17) is 38.1 Å². The van der Waals surface area contributed by atoms with Crippen molar-refractivity contribution in [3.63, 3.8) is 0 Å². The van der Waals surface area contributed by atoms with Gasteiger partial charge in [0.2, 0.25) is 0 Å². The monoisotopic (exact) mass is 645 g/mol. The second-order valence-corrected chi connectivity index (χ2v) is 12.0. The smallest absolute Gasteiger partial charge is 0.159 e. The van der Waals surface area contributed by atoms with E-state index in [2.05, 4.69) is 14.9 Å². The SMILES string of the molecule is Fc1cc(Cl)ccc1-n1nc(C2CCOCC2)c2ccncc21.OC1CCN(c2nn(-c3ccc(Cl)cc3)c3cnccc23)C1. The summed E-state index contributed by atoms with van der Waals surface area (Å²) in [7, 11) is 0. The summed E-state index contributed by atoms with van der Waals surface area (Å²) in [5, 5.41) is 22.4. The molecule has 4 aromatic heterocycles. The number of hydrogen-bond acceptors (Lipinski definition) is 7. The van der Waals surface area contributed by atoms with Gasteiger partial charge in [-0.05, 0) is 73.9 Å². The van der Waals surface area contributed by atoms with E-state index in [1.807, 2.05) is 47.3 Å². The van der Waals surface area contributed by atoms with E-state index in [-0.39, 0.29) is 6.10 Å². The molecule has 9 nitrogen and oxygen atoms in total. The molecule has 230 valence electrons. The van der Waals surface area contributed by atoms with E-state index in [9.17, 15) is 9.50 Å². The van der Waals surface area contributed by atoms with E-state index in [0.29, 0.717) is 28.2 Å². The number of aliphatic hydroxyl groups is 1. The highest BCUT2D eigenvalue weighted by Gasteiger charge is 2.26. The Morgan fingerprint density at radius 3 is 2.18 bits per heavy atom. The Labute approximate surface area is 268 Å². The highest BCUT2D eigenvalue weighted by molar-refractivity contribution is 6.30. The molecule has 2 aliphatic heterocycles. The molecule has 0 spiro atoms. The van der Waals surface area contributed by atoms with Crippen LogP contribution in [0.4, 0.5) is 10.2 Å². The van der Waals surface area contributed by atoms with Crippen LogP contribution in [-0.4, -0.2) is 67.0 Å². The maximum Gasteiger partial charge on any atom is 0.159 e. The number of benzene rings is 2. The van der Waals surface area contributed by atoms with Gasteiger partial charge in [-0.2, -0.15) is 5.10 Å². The van der Waals surface area contributed by atoms with Gasteiger partial charge >= 0.3 is 0 Å². The second-order valence-electron chi connectivity index (χ2n) is 11.2. The lowest BCUT2D eigenvalue weighted by atomic mass is 9.95. The molecule has 1 atom stereocenters. The second kappa shape index (κ2) is 12.7. The van der Waals surface area contributed by atoms with Gasteiger partial charge in [0.15, 0.2) is 5.82 Å². The van der Waals surface area contributed by atoms with Crippen molar-refractivity contribution in [1.82, 2.24) is 29.5 Å². The topological polar surface area (TPSA) is 94.1 Å². The van der Waals surface area contributed by atoms with Crippen LogP contribution in [0.2, 0.25) is 10.0 Å². The summed E-state index contributed by atoms with van der Waals surface area (Å²) in [6.07, 6.45) is 9.40. The Morgan fingerprint density at radius 2 is 1.49 bits per heavy atom. The van der Waals surface area contributed by atoms with Crippen LogP contribution in [0.5, 0.6) is 0 Å². The Kier molecular flexibility index (Phi) is 8.37. The van der Waals surface area contributed by atoms with Crippen molar-refractivity contribution in [2.45, 2.75) is 31.3 Å². The minimum Gasteiger partial charge on any atom is -0.391 e. The number of aromatic nitrogens is 6. The molecule has 45 heavy (non-hydrogen) atoms. The Bertz CT molecular complexity index is 1960. The van der Waals surface area contributed by atoms with Gasteiger partial charge in [0.1, 0.15) is 11.5 Å². The summed E-state index contributed by atoms with van der Waals surface area (Å²) in [4.78, 5) is 10.5. The van der Waals surface area contributed by atoms with Gasteiger partial charge in [0.05, 0.1) is 40.9 Å². The fourth-order valence-corrected chi connectivity index (χ4v) is 6.27. The van der Waals surface area contributed by atoms with Crippen LogP contribution in [-0.2, 0) is 4.74 Å². The van der Waals surface area contributed by atoms with Gasteiger partial charge < -0.3 is 14.7 Å². The van der Waals surface area contributed by atoms with Gasteiger partial charge in [-0.3, -0.25) is 9.97 Å². The summed E-state index contributed by atoms with van der Waals surface area (Å²) in [5.41, 5.74) is 4.05. The van der Waals surface area contributed by atoms with Crippen molar-refractivity contribution >= 4 is 50.8 Å². The predicted molar refractivity (Wildman–Crippen MR) is 173 cm³/mol. The van der Waals surface area contributed by atoms with Crippen LogP contribution < -0.4 is 4.90 Å². The zero-order valence-electron chi connectivity index (χ0n) is 24.2. The van der Waals surface area contributed by atoms with Crippen molar-refractivity contribution in [3.05, 3.63) is 101 Å². The molecule has 2 aromatic carbocycles. The summed E-state index contributed by atoms with van der Waals surface area (Å²) in [6.45, 7) is 2.91. The molecule has 0 bridgehead atoms.